The van der Waals surface area contributed by atoms with Crippen LogP contribution in [-0.2, 0) is 9.84 Å². The first-order valence-corrected chi connectivity index (χ1v) is 7.30. The maximum Gasteiger partial charge on any atom is 0.175 e. The van der Waals surface area contributed by atoms with E-state index in [9.17, 15) is 8.42 Å². The van der Waals surface area contributed by atoms with Crippen molar-refractivity contribution in [1.29, 1.82) is 0 Å². The van der Waals surface area contributed by atoms with Crippen molar-refractivity contribution in [1.82, 2.24) is 4.98 Å². The summed E-state index contributed by atoms with van der Waals surface area (Å²) in [6.45, 7) is 3.67. The highest BCUT2D eigenvalue weighted by Gasteiger charge is 2.07. The zero-order valence-corrected chi connectivity index (χ0v) is 10.8. The largest absolute Gasteiger partial charge is 0.248 e. The van der Waals surface area contributed by atoms with Gasteiger partial charge in [-0.2, -0.15) is 0 Å². The van der Waals surface area contributed by atoms with Crippen molar-refractivity contribution >= 4 is 15.9 Å². The smallest absolute Gasteiger partial charge is 0.175 e. The molecule has 0 amide bonds. The number of nitrogens with zero attached hydrogens (tertiary/aromatic N) is 1. The van der Waals surface area contributed by atoms with Crippen LogP contribution in [0.4, 0.5) is 0 Å². The van der Waals surface area contributed by atoms with Gasteiger partial charge in [-0.1, -0.05) is 24.8 Å². The molecular formula is C14H13NO2S. The van der Waals surface area contributed by atoms with Gasteiger partial charge >= 0.3 is 0 Å². The Balaban J connectivity index is 2.43. The van der Waals surface area contributed by atoms with Crippen LogP contribution in [0.5, 0.6) is 0 Å². The first kappa shape index (κ1) is 12.5. The quantitative estimate of drug-likeness (QED) is 0.851. The molecule has 1 heterocycles. The average Bonchev–Trinajstić information content (AvgIpc) is 2.38. The van der Waals surface area contributed by atoms with Crippen LogP contribution in [-0.4, -0.2) is 19.7 Å². The van der Waals surface area contributed by atoms with Crippen LogP contribution in [0.15, 0.2) is 53.9 Å². The summed E-state index contributed by atoms with van der Waals surface area (Å²) in [5, 5.41) is 0. The summed E-state index contributed by atoms with van der Waals surface area (Å²) in [5.74, 6) is 0. The van der Waals surface area contributed by atoms with E-state index < -0.39 is 9.84 Å². The van der Waals surface area contributed by atoms with Gasteiger partial charge in [-0.15, -0.1) is 0 Å². The van der Waals surface area contributed by atoms with Gasteiger partial charge in [0.1, 0.15) is 0 Å². The van der Waals surface area contributed by atoms with E-state index in [-0.39, 0.29) is 0 Å². The third-order valence-electron chi connectivity index (χ3n) is 2.56. The van der Waals surface area contributed by atoms with Crippen LogP contribution in [0.2, 0.25) is 0 Å². The molecule has 0 unspecified atom stereocenters. The Kier molecular flexibility index (Phi) is 3.30. The van der Waals surface area contributed by atoms with Gasteiger partial charge < -0.3 is 0 Å². The van der Waals surface area contributed by atoms with E-state index in [1.165, 1.54) is 6.26 Å². The molecule has 18 heavy (non-hydrogen) atoms. The van der Waals surface area contributed by atoms with E-state index in [0.717, 1.165) is 17.0 Å². The zero-order chi connectivity index (χ0) is 13.2. The lowest BCUT2D eigenvalue weighted by Crippen LogP contribution is -1.96. The molecule has 0 spiro atoms. The van der Waals surface area contributed by atoms with Gasteiger partial charge in [0, 0.05) is 11.8 Å². The van der Waals surface area contributed by atoms with E-state index in [2.05, 4.69) is 11.6 Å². The molecule has 2 rings (SSSR count). The lowest BCUT2D eigenvalue weighted by atomic mass is 10.1. The minimum Gasteiger partial charge on any atom is -0.248 e. The van der Waals surface area contributed by atoms with Crippen molar-refractivity contribution in [2.75, 3.05) is 6.26 Å². The van der Waals surface area contributed by atoms with Crippen LogP contribution in [0.25, 0.3) is 17.3 Å². The summed E-state index contributed by atoms with van der Waals surface area (Å²) in [6, 6.07) is 12.3. The van der Waals surface area contributed by atoms with Crippen molar-refractivity contribution < 1.29 is 8.42 Å². The zero-order valence-electron chi connectivity index (χ0n) is 10.00. The third-order valence-corrected chi connectivity index (χ3v) is 3.69. The van der Waals surface area contributed by atoms with Crippen LogP contribution >= 0.6 is 0 Å². The second-order valence-electron chi connectivity index (χ2n) is 3.95. The van der Waals surface area contributed by atoms with E-state index in [0.29, 0.717) is 4.90 Å². The predicted molar refractivity (Wildman–Crippen MR) is 72.9 cm³/mol. The van der Waals surface area contributed by atoms with Gasteiger partial charge in [-0.25, -0.2) is 13.4 Å². The second-order valence-corrected chi connectivity index (χ2v) is 5.96. The van der Waals surface area contributed by atoms with Crippen LogP contribution in [0, 0.1) is 0 Å². The predicted octanol–water partition coefficient (Wildman–Crippen LogP) is 2.80. The van der Waals surface area contributed by atoms with Gasteiger partial charge in [0.05, 0.1) is 16.3 Å². The average molecular weight is 259 g/mol. The lowest BCUT2D eigenvalue weighted by Gasteiger charge is -2.03. The molecule has 0 aliphatic carbocycles. The summed E-state index contributed by atoms with van der Waals surface area (Å²) in [4.78, 5) is 4.70. The molecule has 3 nitrogen and oxygen atoms in total. The van der Waals surface area contributed by atoms with Crippen LogP contribution < -0.4 is 0 Å². The van der Waals surface area contributed by atoms with Gasteiger partial charge in [-0.05, 0) is 30.3 Å². The Hall–Kier alpha value is -1.94. The molecule has 0 fully saturated rings. The molecule has 2 aromatic rings. The topological polar surface area (TPSA) is 47.0 Å². The normalized spacial score (nSPS) is 11.2. The molecule has 0 aliphatic heterocycles. The number of benzene rings is 1. The number of rotatable bonds is 3. The Morgan fingerprint density at radius 2 is 1.78 bits per heavy atom. The number of hydrogen-bond donors (Lipinski definition) is 0. The molecule has 0 saturated carbocycles. The van der Waals surface area contributed by atoms with Crippen molar-refractivity contribution in [3.63, 3.8) is 0 Å². The fraction of sp³-hybridized carbons (Fsp3) is 0.0714. The van der Waals surface area contributed by atoms with E-state index >= 15 is 0 Å². The molecule has 4 heteroatoms. The molecule has 92 valence electrons. The SMILES string of the molecule is C=Cc1cccc(-c2ccc(S(C)(=O)=O)cc2)n1. The number of aromatic nitrogens is 1. The van der Waals surface area contributed by atoms with Crippen molar-refractivity contribution in [2.24, 2.45) is 0 Å². The molecule has 1 aromatic heterocycles. The molecule has 0 N–H and O–H groups in total. The van der Waals surface area contributed by atoms with Gasteiger partial charge in [-0.3, -0.25) is 0 Å². The van der Waals surface area contributed by atoms with Crippen molar-refractivity contribution in [3.05, 3.63) is 54.7 Å². The summed E-state index contributed by atoms with van der Waals surface area (Å²) < 4.78 is 22.7. The highest BCUT2D eigenvalue weighted by atomic mass is 32.2. The molecular weight excluding hydrogens is 246 g/mol. The summed E-state index contributed by atoms with van der Waals surface area (Å²) in [7, 11) is -3.15. The van der Waals surface area contributed by atoms with E-state index in [1.54, 1.807) is 30.3 Å². The van der Waals surface area contributed by atoms with Gasteiger partial charge in [0.2, 0.25) is 0 Å². The second kappa shape index (κ2) is 4.74. The minimum atomic E-state index is -3.15. The van der Waals surface area contributed by atoms with Crippen molar-refractivity contribution in [2.45, 2.75) is 4.90 Å². The first-order valence-electron chi connectivity index (χ1n) is 5.41. The standard InChI is InChI=1S/C14H13NO2S/c1-3-12-5-4-6-14(15-12)11-7-9-13(10-8-11)18(2,16)17/h3-10H,1H2,2H3. The Morgan fingerprint density at radius 3 is 2.33 bits per heavy atom. The van der Waals surface area contributed by atoms with E-state index in [1.807, 2.05) is 18.2 Å². The highest BCUT2D eigenvalue weighted by molar-refractivity contribution is 7.90. The fourth-order valence-corrected chi connectivity index (χ4v) is 2.23. The van der Waals surface area contributed by atoms with E-state index in [4.69, 9.17) is 0 Å². The fourth-order valence-electron chi connectivity index (χ4n) is 1.60. The number of hydrogen-bond acceptors (Lipinski definition) is 3. The molecule has 0 saturated heterocycles. The first-order chi connectivity index (χ1) is 8.50. The van der Waals surface area contributed by atoms with Crippen molar-refractivity contribution in [3.8, 4) is 11.3 Å². The summed E-state index contributed by atoms with van der Waals surface area (Å²) >= 11 is 0. The number of pyridine rings is 1. The Morgan fingerprint density at radius 1 is 1.11 bits per heavy atom. The maximum absolute atomic E-state index is 11.4. The van der Waals surface area contributed by atoms with Crippen LogP contribution in [0.3, 0.4) is 0 Å². The van der Waals surface area contributed by atoms with Gasteiger partial charge in [0.25, 0.3) is 0 Å². The minimum absolute atomic E-state index is 0.311. The molecule has 0 bridgehead atoms. The third kappa shape index (κ3) is 2.65. The molecule has 1 aromatic carbocycles. The molecule has 0 atom stereocenters. The lowest BCUT2D eigenvalue weighted by molar-refractivity contribution is 0.602. The van der Waals surface area contributed by atoms with Gasteiger partial charge in [0.15, 0.2) is 9.84 Å². The monoisotopic (exact) mass is 259 g/mol. The molecule has 0 radical (unpaired) electrons. The maximum atomic E-state index is 11.4. The Bertz CT molecular complexity index is 673. The summed E-state index contributed by atoms with van der Waals surface area (Å²) in [5.41, 5.74) is 2.47. The highest BCUT2D eigenvalue weighted by Crippen LogP contribution is 2.20. The Labute approximate surface area is 107 Å². The number of sulfone groups is 1. The summed E-state index contributed by atoms with van der Waals surface area (Å²) in [6.07, 6.45) is 2.87. The molecule has 0 aliphatic rings. The van der Waals surface area contributed by atoms with Crippen LogP contribution in [0.1, 0.15) is 5.69 Å².